The summed E-state index contributed by atoms with van der Waals surface area (Å²) in [5, 5.41) is 3.83. The molecule has 0 saturated carbocycles. The van der Waals surface area contributed by atoms with E-state index in [0.29, 0.717) is 25.5 Å². The van der Waals surface area contributed by atoms with E-state index in [9.17, 15) is 9.59 Å². The molecule has 2 aromatic rings. The Morgan fingerprint density at radius 2 is 2.12 bits per heavy atom. The number of aromatic nitrogens is 1. The summed E-state index contributed by atoms with van der Waals surface area (Å²) in [7, 11) is 0. The van der Waals surface area contributed by atoms with Crippen LogP contribution >= 0.6 is 0 Å². The summed E-state index contributed by atoms with van der Waals surface area (Å²) >= 11 is 0. The smallest absolute Gasteiger partial charge is 0.325 e. The number of carbonyl (C=O) groups is 2. The molecule has 1 aliphatic heterocycles. The zero-order valence-electron chi connectivity index (χ0n) is 14.9. The summed E-state index contributed by atoms with van der Waals surface area (Å²) in [5.74, 6) is -0.301. The number of amides is 1. The highest BCUT2D eigenvalue weighted by molar-refractivity contribution is 5.97. The van der Waals surface area contributed by atoms with Gasteiger partial charge in [0.25, 0.3) is 0 Å². The zero-order valence-corrected chi connectivity index (χ0v) is 14.9. The number of hydrogen-bond acceptors (Lipinski definition) is 5. The fourth-order valence-corrected chi connectivity index (χ4v) is 3.28. The summed E-state index contributed by atoms with van der Waals surface area (Å²) in [5.41, 5.74) is 7.72. The number of hydrogen-bond donors (Lipinski definition) is 2. The average molecular weight is 359 g/mol. The van der Waals surface area contributed by atoms with E-state index >= 15 is 0 Å². The monoisotopic (exact) mass is 359 g/mol. The molecule has 1 saturated heterocycles. The van der Waals surface area contributed by atoms with Crippen molar-refractivity contribution in [2.75, 3.05) is 25.1 Å². The number of benzene rings is 1. The minimum atomic E-state index is -0.539. The molecule has 0 aliphatic carbocycles. The molecule has 3 rings (SSSR count). The molecule has 1 aromatic carbocycles. The van der Waals surface area contributed by atoms with Gasteiger partial charge >= 0.3 is 5.97 Å². The highest BCUT2D eigenvalue weighted by atomic mass is 16.5. The normalized spacial score (nSPS) is 16.4. The predicted molar refractivity (Wildman–Crippen MR) is 98.7 cm³/mol. The first-order valence-corrected chi connectivity index (χ1v) is 8.97. The molecule has 7 nitrogen and oxygen atoms in total. The van der Waals surface area contributed by atoms with Gasteiger partial charge in [0.15, 0.2) is 0 Å². The van der Waals surface area contributed by atoms with Gasteiger partial charge < -0.3 is 25.1 Å². The number of nitrogens with zero attached hydrogens (tertiary/aromatic N) is 1. The van der Waals surface area contributed by atoms with Crippen molar-refractivity contribution in [1.29, 1.82) is 0 Å². The lowest BCUT2D eigenvalue weighted by atomic mass is 9.92. The molecule has 1 unspecified atom stereocenters. The van der Waals surface area contributed by atoms with Gasteiger partial charge in [-0.2, -0.15) is 0 Å². The maximum Gasteiger partial charge on any atom is 0.325 e. The quantitative estimate of drug-likeness (QED) is 0.768. The second-order valence-corrected chi connectivity index (χ2v) is 6.49. The molecular formula is C19H25N3O4. The van der Waals surface area contributed by atoms with Crippen molar-refractivity contribution in [3.05, 3.63) is 30.5 Å². The van der Waals surface area contributed by atoms with Crippen molar-refractivity contribution in [2.45, 2.75) is 32.4 Å². The van der Waals surface area contributed by atoms with E-state index in [0.717, 1.165) is 23.7 Å². The largest absolute Gasteiger partial charge is 0.465 e. The Balaban J connectivity index is 1.67. The maximum atomic E-state index is 12.4. The fourth-order valence-electron chi connectivity index (χ4n) is 3.28. The van der Waals surface area contributed by atoms with Gasteiger partial charge in [0.2, 0.25) is 5.91 Å². The number of anilines is 1. The third-order valence-corrected chi connectivity index (χ3v) is 4.72. The molecule has 1 atom stereocenters. The predicted octanol–water partition coefficient (Wildman–Crippen LogP) is 1.90. The lowest BCUT2D eigenvalue weighted by molar-refractivity contribution is -0.143. The Bertz CT molecular complexity index is 780. The van der Waals surface area contributed by atoms with Crippen LogP contribution < -0.4 is 11.1 Å². The van der Waals surface area contributed by atoms with E-state index < -0.39 is 6.04 Å². The molecule has 7 heteroatoms. The van der Waals surface area contributed by atoms with Crippen LogP contribution in [0.3, 0.4) is 0 Å². The summed E-state index contributed by atoms with van der Waals surface area (Å²) < 4.78 is 12.1. The van der Waals surface area contributed by atoms with E-state index in [1.54, 1.807) is 6.92 Å². The Morgan fingerprint density at radius 3 is 2.85 bits per heavy atom. The molecule has 2 heterocycles. The van der Waals surface area contributed by atoms with Gasteiger partial charge in [-0.1, -0.05) is 0 Å². The maximum absolute atomic E-state index is 12.4. The first-order valence-electron chi connectivity index (χ1n) is 8.97. The molecule has 0 radical (unpaired) electrons. The molecular weight excluding hydrogens is 334 g/mol. The van der Waals surface area contributed by atoms with Crippen LogP contribution in [0.25, 0.3) is 10.9 Å². The van der Waals surface area contributed by atoms with Crippen molar-refractivity contribution in [3.63, 3.8) is 0 Å². The van der Waals surface area contributed by atoms with Gasteiger partial charge in [-0.05, 0) is 49.9 Å². The summed E-state index contributed by atoms with van der Waals surface area (Å²) in [4.78, 5) is 24.1. The third kappa shape index (κ3) is 4.23. The van der Waals surface area contributed by atoms with Gasteiger partial charge in [-0.25, -0.2) is 0 Å². The summed E-state index contributed by atoms with van der Waals surface area (Å²) in [6.45, 7) is 3.63. The Kier molecular flexibility index (Phi) is 5.90. The van der Waals surface area contributed by atoms with Crippen molar-refractivity contribution in [2.24, 2.45) is 11.7 Å². The minimum absolute atomic E-state index is 0.151. The minimum Gasteiger partial charge on any atom is -0.465 e. The average Bonchev–Trinajstić information content (AvgIpc) is 3.04. The van der Waals surface area contributed by atoms with Crippen LogP contribution in [0, 0.1) is 5.92 Å². The Hall–Kier alpha value is -2.38. The van der Waals surface area contributed by atoms with Crippen LogP contribution in [-0.2, 0) is 25.6 Å². The number of ether oxygens (including phenoxy) is 2. The lowest BCUT2D eigenvalue weighted by Gasteiger charge is -2.26. The van der Waals surface area contributed by atoms with Gasteiger partial charge in [0, 0.05) is 36.0 Å². The van der Waals surface area contributed by atoms with Gasteiger partial charge in [0.05, 0.1) is 12.6 Å². The molecule has 140 valence electrons. The van der Waals surface area contributed by atoms with E-state index in [4.69, 9.17) is 15.2 Å². The highest BCUT2D eigenvalue weighted by Crippen LogP contribution is 2.22. The van der Waals surface area contributed by atoms with Crippen LogP contribution in [0.15, 0.2) is 30.5 Å². The van der Waals surface area contributed by atoms with Crippen LogP contribution in [0.2, 0.25) is 0 Å². The van der Waals surface area contributed by atoms with Crippen LogP contribution in [0.5, 0.6) is 0 Å². The highest BCUT2D eigenvalue weighted by Gasteiger charge is 2.26. The number of carbonyl (C=O) groups excluding carboxylic acids is 2. The second-order valence-electron chi connectivity index (χ2n) is 6.49. The van der Waals surface area contributed by atoms with E-state index in [1.165, 1.54) is 0 Å². The number of nitrogens with two attached hydrogens (primary N) is 1. The zero-order chi connectivity index (χ0) is 18.5. The fraction of sp³-hybridized carbons (Fsp3) is 0.474. The Labute approximate surface area is 152 Å². The van der Waals surface area contributed by atoms with Crippen LogP contribution in [-0.4, -0.2) is 42.3 Å². The number of esters is 1. The first kappa shape index (κ1) is 18.4. The molecule has 1 aromatic heterocycles. The number of fused-ring (bicyclic) bond motifs is 1. The number of rotatable bonds is 6. The lowest BCUT2D eigenvalue weighted by Crippen LogP contribution is -2.43. The second kappa shape index (κ2) is 8.33. The topological polar surface area (TPSA) is 95.6 Å². The molecule has 0 spiro atoms. The van der Waals surface area contributed by atoms with Crippen LogP contribution in [0.4, 0.5) is 5.69 Å². The van der Waals surface area contributed by atoms with Crippen molar-refractivity contribution < 1.29 is 19.1 Å². The van der Waals surface area contributed by atoms with Crippen molar-refractivity contribution in [3.8, 4) is 0 Å². The van der Waals surface area contributed by atoms with Gasteiger partial charge in [0.1, 0.15) is 6.54 Å². The molecule has 1 aliphatic rings. The molecule has 1 fully saturated rings. The van der Waals surface area contributed by atoms with Gasteiger partial charge in [-0.15, -0.1) is 0 Å². The van der Waals surface area contributed by atoms with Crippen molar-refractivity contribution in [1.82, 2.24) is 4.57 Å². The van der Waals surface area contributed by atoms with E-state index in [2.05, 4.69) is 5.32 Å². The van der Waals surface area contributed by atoms with Crippen LogP contribution in [0.1, 0.15) is 19.8 Å². The summed E-state index contributed by atoms with van der Waals surface area (Å²) in [6.07, 6.45) is 3.45. The van der Waals surface area contributed by atoms with Crippen molar-refractivity contribution >= 4 is 28.5 Å². The SMILES string of the molecule is CCOC(=O)Cn1ccc2cc(NC(=O)C(N)C3CCOCC3)ccc21. The Morgan fingerprint density at radius 1 is 1.35 bits per heavy atom. The first-order chi connectivity index (χ1) is 12.6. The van der Waals surface area contributed by atoms with Gasteiger partial charge in [-0.3, -0.25) is 9.59 Å². The standard InChI is InChI=1S/C19H25N3O4/c1-2-26-17(23)12-22-8-5-14-11-15(3-4-16(14)22)21-19(24)18(20)13-6-9-25-10-7-13/h3-5,8,11,13,18H,2,6-7,9-10,12,20H2,1H3,(H,21,24). The van der Waals surface area contributed by atoms with E-state index in [1.807, 2.05) is 35.0 Å². The number of nitrogens with one attached hydrogen (secondary N) is 1. The summed E-state index contributed by atoms with van der Waals surface area (Å²) in [6, 6.07) is 6.94. The third-order valence-electron chi connectivity index (χ3n) is 4.72. The molecule has 0 bridgehead atoms. The molecule has 3 N–H and O–H groups in total. The van der Waals surface area contributed by atoms with E-state index in [-0.39, 0.29) is 24.3 Å². The molecule has 1 amide bonds. The molecule has 26 heavy (non-hydrogen) atoms.